The van der Waals surface area contributed by atoms with Crippen molar-refractivity contribution in [1.82, 2.24) is 20.2 Å². The minimum Gasteiger partial charge on any atom is -0.497 e. The second-order valence-electron chi connectivity index (χ2n) is 4.52. The van der Waals surface area contributed by atoms with Gasteiger partial charge in [0.05, 0.1) is 12.8 Å². The molecular formula is C15H15N5O. The van der Waals surface area contributed by atoms with Crippen molar-refractivity contribution in [1.29, 1.82) is 0 Å². The van der Waals surface area contributed by atoms with Crippen LogP contribution in [0.15, 0.2) is 48.5 Å². The van der Waals surface area contributed by atoms with Crippen LogP contribution in [0.25, 0.3) is 17.1 Å². The second-order valence-corrected chi connectivity index (χ2v) is 4.52. The monoisotopic (exact) mass is 281 g/mol. The van der Waals surface area contributed by atoms with Gasteiger partial charge in [-0.15, -0.1) is 5.10 Å². The Hall–Kier alpha value is -2.73. The Bertz CT molecular complexity index is 736. The number of ether oxygens (including phenoxy) is 1. The lowest BCUT2D eigenvalue weighted by Gasteiger charge is -2.07. The van der Waals surface area contributed by atoms with E-state index in [4.69, 9.17) is 10.5 Å². The summed E-state index contributed by atoms with van der Waals surface area (Å²) in [5.74, 6) is 1.43. The largest absolute Gasteiger partial charge is 0.497 e. The SMILES string of the molecule is COc1cccc(-n2nnnc2-c2ccc(CN)cc2)c1. The Morgan fingerprint density at radius 1 is 1.14 bits per heavy atom. The molecule has 6 nitrogen and oxygen atoms in total. The third kappa shape index (κ3) is 2.61. The molecule has 0 radical (unpaired) electrons. The van der Waals surface area contributed by atoms with Crippen molar-refractivity contribution < 1.29 is 4.74 Å². The van der Waals surface area contributed by atoms with Crippen LogP contribution in [0, 0.1) is 0 Å². The molecular weight excluding hydrogens is 266 g/mol. The molecule has 3 aromatic rings. The first-order chi connectivity index (χ1) is 10.3. The van der Waals surface area contributed by atoms with E-state index in [9.17, 15) is 0 Å². The average molecular weight is 281 g/mol. The maximum Gasteiger partial charge on any atom is 0.187 e. The van der Waals surface area contributed by atoms with Crippen LogP contribution in [0.5, 0.6) is 5.75 Å². The fraction of sp³-hybridized carbons (Fsp3) is 0.133. The summed E-state index contributed by atoms with van der Waals surface area (Å²) in [7, 11) is 1.63. The summed E-state index contributed by atoms with van der Waals surface area (Å²) in [5, 5.41) is 11.9. The average Bonchev–Trinajstić information content (AvgIpc) is 3.04. The normalized spacial score (nSPS) is 10.6. The molecule has 0 unspecified atom stereocenters. The molecule has 1 aromatic heterocycles. The number of hydrogen-bond acceptors (Lipinski definition) is 5. The van der Waals surface area contributed by atoms with E-state index < -0.39 is 0 Å². The number of nitrogens with two attached hydrogens (primary N) is 1. The van der Waals surface area contributed by atoms with Gasteiger partial charge in [0.2, 0.25) is 0 Å². The van der Waals surface area contributed by atoms with Crippen LogP contribution in [0.4, 0.5) is 0 Å². The van der Waals surface area contributed by atoms with Gasteiger partial charge in [0, 0.05) is 18.2 Å². The number of benzene rings is 2. The van der Waals surface area contributed by atoms with Crippen molar-refractivity contribution in [3.63, 3.8) is 0 Å². The van der Waals surface area contributed by atoms with Crippen molar-refractivity contribution in [2.75, 3.05) is 7.11 Å². The van der Waals surface area contributed by atoms with Crippen molar-refractivity contribution in [2.45, 2.75) is 6.54 Å². The summed E-state index contributed by atoms with van der Waals surface area (Å²) >= 11 is 0. The number of nitrogens with zero attached hydrogens (tertiary/aromatic N) is 4. The summed E-state index contributed by atoms with van der Waals surface area (Å²) in [4.78, 5) is 0. The van der Waals surface area contributed by atoms with Gasteiger partial charge in [-0.2, -0.15) is 4.68 Å². The van der Waals surface area contributed by atoms with E-state index in [1.807, 2.05) is 48.5 Å². The zero-order chi connectivity index (χ0) is 14.7. The summed E-state index contributed by atoms with van der Waals surface area (Å²) < 4.78 is 6.91. The molecule has 0 atom stereocenters. The Morgan fingerprint density at radius 2 is 1.95 bits per heavy atom. The summed E-state index contributed by atoms with van der Waals surface area (Å²) in [6.07, 6.45) is 0. The van der Waals surface area contributed by atoms with E-state index in [1.165, 1.54) is 0 Å². The molecule has 0 fully saturated rings. The summed E-state index contributed by atoms with van der Waals surface area (Å²) in [6, 6.07) is 15.5. The Balaban J connectivity index is 2.03. The van der Waals surface area contributed by atoms with Gasteiger partial charge in [0.15, 0.2) is 5.82 Å². The number of hydrogen-bond donors (Lipinski definition) is 1. The van der Waals surface area contributed by atoms with Crippen LogP contribution in [0.1, 0.15) is 5.56 Å². The summed E-state index contributed by atoms with van der Waals surface area (Å²) in [6.45, 7) is 0.515. The lowest BCUT2D eigenvalue weighted by Crippen LogP contribution is -2.01. The molecule has 0 amide bonds. The zero-order valence-electron chi connectivity index (χ0n) is 11.6. The predicted octanol–water partition coefficient (Wildman–Crippen LogP) is 1.80. The number of rotatable bonds is 4. The lowest BCUT2D eigenvalue weighted by molar-refractivity contribution is 0.414. The van der Waals surface area contributed by atoms with Crippen LogP contribution in [-0.4, -0.2) is 27.3 Å². The van der Waals surface area contributed by atoms with Crippen molar-refractivity contribution in [3.8, 4) is 22.8 Å². The quantitative estimate of drug-likeness (QED) is 0.788. The van der Waals surface area contributed by atoms with E-state index in [1.54, 1.807) is 11.8 Å². The van der Waals surface area contributed by atoms with Crippen LogP contribution >= 0.6 is 0 Å². The van der Waals surface area contributed by atoms with Gasteiger partial charge in [0.1, 0.15) is 5.75 Å². The molecule has 0 saturated carbocycles. The highest BCUT2D eigenvalue weighted by Crippen LogP contribution is 2.22. The van der Waals surface area contributed by atoms with E-state index in [2.05, 4.69) is 15.5 Å². The molecule has 2 N–H and O–H groups in total. The van der Waals surface area contributed by atoms with Crippen LogP contribution in [0.2, 0.25) is 0 Å². The van der Waals surface area contributed by atoms with E-state index in [0.29, 0.717) is 12.4 Å². The zero-order valence-corrected chi connectivity index (χ0v) is 11.6. The van der Waals surface area contributed by atoms with Crippen molar-refractivity contribution >= 4 is 0 Å². The summed E-state index contributed by atoms with van der Waals surface area (Å²) in [5.41, 5.74) is 8.46. The fourth-order valence-electron chi connectivity index (χ4n) is 2.07. The lowest BCUT2D eigenvalue weighted by atomic mass is 10.1. The molecule has 21 heavy (non-hydrogen) atoms. The molecule has 2 aromatic carbocycles. The third-order valence-electron chi connectivity index (χ3n) is 3.22. The first-order valence-corrected chi connectivity index (χ1v) is 6.54. The molecule has 0 aliphatic rings. The number of tetrazole rings is 1. The Morgan fingerprint density at radius 3 is 2.67 bits per heavy atom. The van der Waals surface area contributed by atoms with E-state index in [-0.39, 0.29) is 0 Å². The van der Waals surface area contributed by atoms with Gasteiger partial charge in [-0.1, -0.05) is 30.3 Å². The predicted molar refractivity (Wildman–Crippen MR) is 79.0 cm³/mol. The Labute approximate surface area is 122 Å². The molecule has 0 bridgehead atoms. The third-order valence-corrected chi connectivity index (χ3v) is 3.22. The highest BCUT2D eigenvalue weighted by Gasteiger charge is 2.11. The first kappa shape index (κ1) is 13.3. The topological polar surface area (TPSA) is 78.8 Å². The molecule has 1 heterocycles. The molecule has 0 spiro atoms. The molecule has 3 rings (SSSR count). The minimum atomic E-state index is 0.515. The Kier molecular flexibility index (Phi) is 3.61. The van der Waals surface area contributed by atoms with Crippen molar-refractivity contribution in [3.05, 3.63) is 54.1 Å². The molecule has 0 aliphatic carbocycles. The second kappa shape index (κ2) is 5.72. The molecule has 106 valence electrons. The number of aromatic nitrogens is 4. The molecule has 0 aliphatic heterocycles. The van der Waals surface area contributed by atoms with E-state index in [0.717, 1.165) is 22.6 Å². The van der Waals surface area contributed by atoms with Gasteiger partial charge < -0.3 is 10.5 Å². The van der Waals surface area contributed by atoms with Crippen molar-refractivity contribution in [2.24, 2.45) is 5.73 Å². The minimum absolute atomic E-state index is 0.515. The van der Waals surface area contributed by atoms with Gasteiger partial charge in [-0.25, -0.2) is 0 Å². The molecule has 0 saturated heterocycles. The van der Waals surface area contributed by atoms with Gasteiger partial charge in [0.25, 0.3) is 0 Å². The highest BCUT2D eigenvalue weighted by molar-refractivity contribution is 5.58. The van der Waals surface area contributed by atoms with Crippen LogP contribution in [0.3, 0.4) is 0 Å². The maximum absolute atomic E-state index is 5.61. The highest BCUT2D eigenvalue weighted by atomic mass is 16.5. The van der Waals surface area contributed by atoms with Gasteiger partial charge >= 0.3 is 0 Å². The standard InChI is InChI=1S/C15H15N5O/c1-21-14-4-2-3-13(9-14)20-15(17-18-19-20)12-7-5-11(10-16)6-8-12/h2-9H,10,16H2,1H3. The fourth-order valence-corrected chi connectivity index (χ4v) is 2.07. The van der Waals surface area contributed by atoms with E-state index >= 15 is 0 Å². The van der Waals surface area contributed by atoms with Gasteiger partial charge in [-0.05, 0) is 28.1 Å². The maximum atomic E-state index is 5.61. The molecule has 6 heteroatoms. The van der Waals surface area contributed by atoms with Crippen LogP contribution < -0.4 is 10.5 Å². The number of methoxy groups -OCH3 is 1. The first-order valence-electron chi connectivity index (χ1n) is 6.54. The van der Waals surface area contributed by atoms with Crippen LogP contribution in [-0.2, 0) is 6.54 Å². The van der Waals surface area contributed by atoms with Gasteiger partial charge in [-0.3, -0.25) is 0 Å². The smallest absolute Gasteiger partial charge is 0.187 e.